The summed E-state index contributed by atoms with van der Waals surface area (Å²) in [6.07, 6.45) is 1.46. The summed E-state index contributed by atoms with van der Waals surface area (Å²) >= 11 is -2.57. The fourth-order valence-electron chi connectivity index (χ4n) is 1.11. The molecule has 0 saturated heterocycles. The van der Waals surface area contributed by atoms with Crippen LogP contribution in [0.4, 0.5) is 8.78 Å². The van der Waals surface area contributed by atoms with Crippen LogP contribution in [-0.4, -0.2) is 36.4 Å². The van der Waals surface area contributed by atoms with Gasteiger partial charge in [-0.3, -0.25) is 4.28 Å². The molecule has 1 aromatic rings. The van der Waals surface area contributed by atoms with E-state index in [1.165, 1.54) is 24.3 Å². The van der Waals surface area contributed by atoms with E-state index in [-0.39, 0.29) is 5.56 Å². The van der Waals surface area contributed by atoms with Gasteiger partial charge in [0.15, 0.2) is 0 Å². The molecule has 0 aliphatic carbocycles. The third kappa shape index (κ3) is 4.44. The van der Waals surface area contributed by atoms with Gasteiger partial charge in [-0.05, 0) is 0 Å². The van der Waals surface area contributed by atoms with Crippen LogP contribution in [-0.2, 0) is 25.6 Å². The second-order valence-electron chi connectivity index (χ2n) is 3.56. The number of rotatable bonds is 5. The molecule has 1 rings (SSSR count). The van der Waals surface area contributed by atoms with Gasteiger partial charge in [-0.2, -0.15) is 8.42 Å². The smallest absolute Gasteiger partial charge is 0.454 e. The Morgan fingerprint density at radius 3 is 2.32 bits per heavy atom. The Morgan fingerprint density at radius 2 is 1.89 bits per heavy atom. The summed E-state index contributed by atoms with van der Waals surface area (Å²) in [5, 5.41) is -0.884. The van der Waals surface area contributed by atoms with Crippen LogP contribution < -0.4 is 0 Å². The molecule has 0 amide bonds. The molecule has 0 fully saturated rings. The predicted molar refractivity (Wildman–Crippen MR) is 67.9 cm³/mol. The largest absolute Gasteiger partial charge is 0.612 e. The van der Waals surface area contributed by atoms with E-state index in [2.05, 4.69) is 9.44 Å². The molecule has 106 valence electrons. The maximum atomic E-state index is 13.8. The van der Waals surface area contributed by atoms with Crippen LogP contribution >= 0.6 is 0 Å². The van der Waals surface area contributed by atoms with E-state index in [0.29, 0.717) is 6.26 Å². The average Bonchev–Trinajstić information content (AvgIpc) is 2.28. The van der Waals surface area contributed by atoms with E-state index in [9.17, 15) is 21.8 Å². The van der Waals surface area contributed by atoms with Gasteiger partial charge in [-0.25, -0.2) is 0 Å². The molecule has 5 nitrogen and oxygen atoms in total. The summed E-state index contributed by atoms with van der Waals surface area (Å²) in [6, 6.07) is 7.07. The molecule has 0 aromatic heterocycles. The monoisotopic (exact) mass is 311 g/mol. The molecule has 1 aromatic carbocycles. The standard InChI is InChI=1S/C10H11F2NO4S2/c1-18(14)10(11,12)9(13-17-19(2,15)16)8-6-4-3-5-7-8/h3-7H,1-2H3. The number of halogens is 2. The highest BCUT2D eigenvalue weighted by Gasteiger charge is 2.48. The molecule has 9 heteroatoms. The quantitative estimate of drug-likeness (QED) is 0.467. The fraction of sp³-hybridized carbons (Fsp3) is 0.300. The normalized spacial score (nSPS) is 15.1. The maximum absolute atomic E-state index is 13.8. The summed E-state index contributed by atoms with van der Waals surface area (Å²) in [4.78, 5) is 0. The number of hydrogen-bond acceptors (Lipinski definition) is 5. The van der Waals surface area contributed by atoms with Crippen LogP contribution in [0.3, 0.4) is 0 Å². The topological polar surface area (TPSA) is 78.8 Å². The van der Waals surface area contributed by atoms with E-state index in [0.717, 1.165) is 6.26 Å². The number of hydrogen-bond donors (Lipinski definition) is 0. The van der Waals surface area contributed by atoms with E-state index in [4.69, 9.17) is 0 Å². The van der Waals surface area contributed by atoms with E-state index >= 15 is 0 Å². The van der Waals surface area contributed by atoms with Crippen LogP contribution in [0.25, 0.3) is 0 Å². The summed E-state index contributed by atoms with van der Waals surface area (Å²) in [5.41, 5.74) is -1.08. The third-order valence-corrected chi connectivity index (χ3v) is 3.21. The summed E-state index contributed by atoms with van der Waals surface area (Å²) < 4.78 is 64.3. The van der Waals surface area contributed by atoms with Crippen molar-refractivity contribution in [1.82, 2.24) is 0 Å². The highest BCUT2D eigenvalue weighted by Crippen LogP contribution is 2.27. The Labute approximate surface area is 112 Å². The average molecular weight is 311 g/mol. The van der Waals surface area contributed by atoms with Crippen molar-refractivity contribution in [2.45, 2.75) is 5.25 Å². The molecular formula is C10H11F2NO4S2. The Balaban J connectivity index is 3.27. The first-order valence-corrected chi connectivity index (χ1v) is 8.26. The van der Waals surface area contributed by atoms with Gasteiger partial charge < -0.3 is 4.55 Å². The highest BCUT2D eigenvalue weighted by molar-refractivity contribution is 7.92. The zero-order valence-corrected chi connectivity index (χ0v) is 11.7. The van der Waals surface area contributed by atoms with Crippen LogP contribution in [0.2, 0.25) is 0 Å². The highest BCUT2D eigenvalue weighted by atomic mass is 32.2. The van der Waals surface area contributed by atoms with Crippen molar-refractivity contribution < 1.29 is 26.0 Å². The lowest BCUT2D eigenvalue weighted by atomic mass is 10.1. The third-order valence-electron chi connectivity index (χ3n) is 1.95. The van der Waals surface area contributed by atoms with Crippen LogP contribution in [0.5, 0.6) is 0 Å². The van der Waals surface area contributed by atoms with Gasteiger partial charge in [0.2, 0.25) is 5.71 Å². The summed E-state index contributed by atoms with van der Waals surface area (Å²) in [5.74, 6) is 0. The van der Waals surface area contributed by atoms with Gasteiger partial charge in [-0.1, -0.05) is 35.5 Å². The Kier molecular flexibility index (Phi) is 4.88. The minimum Gasteiger partial charge on any atom is -0.612 e. The first kappa shape index (κ1) is 15.9. The van der Waals surface area contributed by atoms with Gasteiger partial charge in [0, 0.05) is 16.7 Å². The van der Waals surface area contributed by atoms with Crippen molar-refractivity contribution in [3.05, 3.63) is 35.9 Å². The predicted octanol–water partition coefficient (Wildman–Crippen LogP) is 1.34. The lowest BCUT2D eigenvalue weighted by Crippen LogP contribution is -2.38. The van der Waals surface area contributed by atoms with Crippen molar-refractivity contribution in [2.24, 2.45) is 5.16 Å². The Hall–Kier alpha value is -1.19. The first-order chi connectivity index (χ1) is 8.64. The maximum Gasteiger partial charge on any atom is 0.454 e. The molecule has 0 N–H and O–H groups in total. The van der Waals surface area contributed by atoms with Crippen molar-refractivity contribution in [1.29, 1.82) is 0 Å². The van der Waals surface area contributed by atoms with Crippen LogP contribution in [0.15, 0.2) is 35.5 Å². The van der Waals surface area contributed by atoms with Crippen molar-refractivity contribution in [3.63, 3.8) is 0 Å². The first-order valence-electron chi connectivity index (χ1n) is 4.88. The summed E-state index contributed by atoms with van der Waals surface area (Å²) in [6.45, 7) is 0. The second kappa shape index (κ2) is 5.85. The van der Waals surface area contributed by atoms with Crippen molar-refractivity contribution >= 4 is 27.0 Å². The zero-order valence-electron chi connectivity index (χ0n) is 10.0. The van der Waals surface area contributed by atoms with Crippen LogP contribution in [0.1, 0.15) is 5.56 Å². The van der Waals surface area contributed by atoms with Gasteiger partial charge in [0.25, 0.3) is 0 Å². The minimum absolute atomic E-state index is 0.0775. The zero-order chi connectivity index (χ0) is 14.7. The molecule has 0 spiro atoms. The number of benzene rings is 1. The van der Waals surface area contributed by atoms with Gasteiger partial charge in [0.1, 0.15) is 6.26 Å². The molecule has 0 radical (unpaired) electrons. The Bertz CT molecular complexity index is 558. The second-order valence-corrected chi connectivity index (χ2v) is 6.53. The van der Waals surface area contributed by atoms with E-state index in [1.807, 2.05) is 0 Å². The molecule has 1 unspecified atom stereocenters. The molecular weight excluding hydrogens is 300 g/mol. The van der Waals surface area contributed by atoms with E-state index < -0.39 is 32.3 Å². The number of nitrogens with zero attached hydrogens (tertiary/aromatic N) is 1. The molecule has 0 aliphatic rings. The number of alkyl halides is 2. The van der Waals surface area contributed by atoms with Gasteiger partial charge >= 0.3 is 15.4 Å². The minimum atomic E-state index is -4.03. The van der Waals surface area contributed by atoms with Gasteiger partial charge in [0.05, 0.1) is 6.26 Å². The molecule has 19 heavy (non-hydrogen) atoms. The van der Waals surface area contributed by atoms with Crippen LogP contribution in [0, 0.1) is 0 Å². The lowest BCUT2D eigenvalue weighted by Gasteiger charge is -2.18. The Morgan fingerprint density at radius 1 is 1.37 bits per heavy atom. The lowest BCUT2D eigenvalue weighted by molar-refractivity contribution is 0.165. The van der Waals surface area contributed by atoms with Crippen molar-refractivity contribution in [3.8, 4) is 0 Å². The molecule has 0 heterocycles. The van der Waals surface area contributed by atoms with Crippen molar-refractivity contribution in [2.75, 3.05) is 12.5 Å². The number of oxime groups is 1. The SMILES string of the molecule is C[S+]([O-])C(F)(F)C(=NOS(C)(=O)=O)c1ccccc1. The molecule has 0 bridgehead atoms. The fourth-order valence-corrected chi connectivity index (χ4v) is 1.75. The molecule has 1 atom stereocenters. The van der Waals surface area contributed by atoms with E-state index in [1.54, 1.807) is 6.07 Å². The molecule has 0 saturated carbocycles. The van der Waals surface area contributed by atoms with Gasteiger partial charge in [-0.15, -0.1) is 8.78 Å². The molecule has 0 aliphatic heterocycles. The summed E-state index contributed by atoms with van der Waals surface area (Å²) in [7, 11) is -4.03.